The molecular weight excluding hydrogens is 451 g/mol. The number of likely N-dealkylation sites (tertiary alicyclic amines) is 2. The van der Waals surface area contributed by atoms with E-state index < -0.39 is 0 Å². The Labute approximate surface area is 181 Å². The Bertz CT molecular complexity index is 567. The number of aliphatic imine (C=N–C) groups is 1. The molecule has 1 aromatic heterocycles. The quantitative estimate of drug-likeness (QED) is 0.278. The van der Waals surface area contributed by atoms with E-state index in [9.17, 15) is 0 Å². The maximum atomic E-state index is 4.50. The molecule has 1 unspecified atom stereocenters. The summed E-state index contributed by atoms with van der Waals surface area (Å²) in [6.07, 6.45) is 13.4. The Morgan fingerprint density at radius 3 is 2.70 bits per heavy atom. The van der Waals surface area contributed by atoms with Gasteiger partial charge in [-0.3, -0.25) is 9.67 Å². The highest BCUT2D eigenvalue weighted by Crippen LogP contribution is 2.26. The summed E-state index contributed by atoms with van der Waals surface area (Å²) in [4.78, 5) is 9.53. The fourth-order valence-electron chi connectivity index (χ4n) is 4.23. The van der Waals surface area contributed by atoms with Gasteiger partial charge in [0, 0.05) is 45.8 Å². The minimum Gasteiger partial charge on any atom is -0.356 e. The summed E-state index contributed by atoms with van der Waals surface area (Å²) < 4.78 is 1.90. The van der Waals surface area contributed by atoms with Crippen LogP contribution in [-0.4, -0.2) is 71.9 Å². The summed E-state index contributed by atoms with van der Waals surface area (Å²) in [5, 5.41) is 7.88. The largest absolute Gasteiger partial charge is 0.356 e. The lowest BCUT2D eigenvalue weighted by Gasteiger charge is -2.26. The van der Waals surface area contributed by atoms with E-state index in [1.807, 2.05) is 25.0 Å². The van der Waals surface area contributed by atoms with E-state index in [0.29, 0.717) is 5.92 Å². The zero-order chi connectivity index (χ0) is 18.2. The summed E-state index contributed by atoms with van der Waals surface area (Å²) in [5.41, 5.74) is 1.35. The van der Waals surface area contributed by atoms with Crippen LogP contribution in [0, 0.1) is 0 Å². The second-order valence-electron chi connectivity index (χ2n) is 7.82. The van der Waals surface area contributed by atoms with E-state index in [2.05, 4.69) is 31.4 Å². The lowest BCUT2D eigenvalue weighted by atomic mass is 10.0. The van der Waals surface area contributed by atoms with Crippen molar-refractivity contribution in [1.82, 2.24) is 24.9 Å². The molecule has 0 aliphatic carbocycles. The van der Waals surface area contributed by atoms with Gasteiger partial charge in [-0.15, -0.1) is 24.0 Å². The van der Waals surface area contributed by atoms with Crippen LogP contribution in [0.2, 0.25) is 0 Å². The molecule has 1 N–H and O–H groups in total. The van der Waals surface area contributed by atoms with Crippen molar-refractivity contribution in [3.8, 4) is 0 Å². The van der Waals surface area contributed by atoms with Crippen molar-refractivity contribution < 1.29 is 0 Å². The van der Waals surface area contributed by atoms with E-state index in [0.717, 1.165) is 25.6 Å². The van der Waals surface area contributed by atoms with E-state index in [4.69, 9.17) is 0 Å². The standard InChI is InChI=1S/C20H36N6.HI/c1-21-20(22-10-5-3-6-11-25-12-7-4-8-13-25)26-14-9-18(17-26)19-15-23-24(2)16-19;/h15-16,18H,3-14,17H2,1-2H3,(H,21,22);1H. The lowest BCUT2D eigenvalue weighted by molar-refractivity contribution is 0.224. The minimum absolute atomic E-state index is 0. The fourth-order valence-corrected chi connectivity index (χ4v) is 4.23. The van der Waals surface area contributed by atoms with Crippen LogP contribution >= 0.6 is 24.0 Å². The molecule has 1 aromatic rings. The molecule has 0 bridgehead atoms. The third kappa shape index (κ3) is 6.93. The Kier molecular flexibility index (Phi) is 9.89. The molecule has 2 fully saturated rings. The zero-order valence-electron chi connectivity index (χ0n) is 17.1. The predicted octanol–water partition coefficient (Wildman–Crippen LogP) is 3.06. The Balaban J connectivity index is 0.00000261. The smallest absolute Gasteiger partial charge is 0.193 e. The molecule has 2 saturated heterocycles. The van der Waals surface area contributed by atoms with Crippen LogP contribution in [0.4, 0.5) is 0 Å². The average Bonchev–Trinajstić information content (AvgIpc) is 3.31. The van der Waals surface area contributed by atoms with Crippen molar-refractivity contribution in [2.75, 3.05) is 46.3 Å². The topological polar surface area (TPSA) is 48.7 Å². The number of piperidine rings is 1. The van der Waals surface area contributed by atoms with E-state index in [-0.39, 0.29) is 24.0 Å². The van der Waals surface area contributed by atoms with Crippen molar-refractivity contribution in [2.45, 2.75) is 50.9 Å². The number of nitrogens with zero attached hydrogens (tertiary/aromatic N) is 5. The zero-order valence-corrected chi connectivity index (χ0v) is 19.4. The number of unbranched alkanes of at least 4 members (excludes halogenated alkanes) is 2. The number of halogens is 1. The molecule has 6 nitrogen and oxygen atoms in total. The molecular formula is C20H37IN6. The first-order valence-corrected chi connectivity index (χ1v) is 10.4. The van der Waals surface area contributed by atoms with Gasteiger partial charge in [0.15, 0.2) is 5.96 Å². The van der Waals surface area contributed by atoms with E-state index in [1.54, 1.807) is 0 Å². The van der Waals surface area contributed by atoms with Gasteiger partial charge in [0.25, 0.3) is 0 Å². The maximum absolute atomic E-state index is 4.50. The highest BCUT2D eigenvalue weighted by atomic mass is 127. The first-order valence-electron chi connectivity index (χ1n) is 10.4. The molecule has 3 rings (SSSR count). The highest BCUT2D eigenvalue weighted by molar-refractivity contribution is 14.0. The third-order valence-electron chi connectivity index (χ3n) is 5.78. The molecule has 2 aliphatic heterocycles. The molecule has 0 aromatic carbocycles. The monoisotopic (exact) mass is 488 g/mol. The van der Waals surface area contributed by atoms with Gasteiger partial charge in [0.2, 0.25) is 0 Å². The number of hydrogen-bond acceptors (Lipinski definition) is 3. The van der Waals surface area contributed by atoms with Crippen molar-refractivity contribution >= 4 is 29.9 Å². The summed E-state index contributed by atoms with van der Waals surface area (Å²) in [6, 6.07) is 0. The minimum atomic E-state index is 0. The van der Waals surface area contributed by atoms with Crippen molar-refractivity contribution in [1.29, 1.82) is 0 Å². The van der Waals surface area contributed by atoms with Gasteiger partial charge in [0.1, 0.15) is 0 Å². The molecule has 0 saturated carbocycles. The Morgan fingerprint density at radius 1 is 1.19 bits per heavy atom. The van der Waals surface area contributed by atoms with Crippen LogP contribution in [0.3, 0.4) is 0 Å². The van der Waals surface area contributed by atoms with Crippen molar-refractivity contribution in [3.05, 3.63) is 18.0 Å². The highest BCUT2D eigenvalue weighted by Gasteiger charge is 2.26. The van der Waals surface area contributed by atoms with Gasteiger partial charge in [-0.05, 0) is 57.3 Å². The summed E-state index contributed by atoms with van der Waals surface area (Å²) in [7, 11) is 3.89. The maximum Gasteiger partial charge on any atom is 0.193 e. The van der Waals surface area contributed by atoms with Gasteiger partial charge < -0.3 is 15.1 Å². The Hall–Kier alpha value is -0.830. The first kappa shape index (κ1) is 22.5. The van der Waals surface area contributed by atoms with E-state index >= 15 is 0 Å². The molecule has 154 valence electrons. The van der Waals surface area contributed by atoms with Crippen LogP contribution in [-0.2, 0) is 7.05 Å². The van der Waals surface area contributed by atoms with Crippen molar-refractivity contribution in [3.63, 3.8) is 0 Å². The number of nitrogens with one attached hydrogen (secondary N) is 1. The van der Waals surface area contributed by atoms with Gasteiger partial charge in [-0.25, -0.2) is 0 Å². The summed E-state index contributed by atoms with van der Waals surface area (Å²) in [6.45, 7) is 7.07. The molecule has 27 heavy (non-hydrogen) atoms. The molecule has 1 atom stereocenters. The van der Waals surface area contributed by atoms with Gasteiger partial charge in [-0.2, -0.15) is 5.10 Å². The average molecular weight is 488 g/mol. The summed E-state index contributed by atoms with van der Waals surface area (Å²) in [5.74, 6) is 1.64. The number of aromatic nitrogens is 2. The Morgan fingerprint density at radius 2 is 2.00 bits per heavy atom. The number of aryl methyl sites for hydroxylation is 1. The van der Waals surface area contributed by atoms with Gasteiger partial charge in [0.05, 0.1) is 6.20 Å². The molecule has 0 amide bonds. The van der Waals surface area contributed by atoms with Crippen LogP contribution in [0.1, 0.15) is 56.4 Å². The van der Waals surface area contributed by atoms with Crippen molar-refractivity contribution in [2.24, 2.45) is 12.0 Å². The first-order chi connectivity index (χ1) is 12.8. The van der Waals surface area contributed by atoms with Gasteiger partial charge in [-0.1, -0.05) is 12.8 Å². The predicted molar refractivity (Wildman–Crippen MR) is 123 cm³/mol. The normalized spacial score (nSPS) is 21.3. The third-order valence-corrected chi connectivity index (χ3v) is 5.78. The number of rotatable bonds is 7. The van der Waals surface area contributed by atoms with Gasteiger partial charge >= 0.3 is 0 Å². The van der Waals surface area contributed by atoms with Crippen LogP contribution in [0.25, 0.3) is 0 Å². The number of hydrogen-bond donors (Lipinski definition) is 1. The van der Waals surface area contributed by atoms with Crippen LogP contribution in [0.15, 0.2) is 17.4 Å². The molecule has 0 radical (unpaired) electrons. The molecule has 7 heteroatoms. The number of guanidine groups is 1. The SMILES string of the molecule is CN=C(NCCCCCN1CCCCC1)N1CCC(c2cnn(C)c2)C1.I. The molecule has 0 spiro atoms. The van der Waals surface area contributed by atoms with Crippen LogP contribution in [0.5, 0.6) is 0 Å². The second kappa shape index (κ2) is 11.9. The fraction of sp³-hybridized carbons (Fsp3) is 0.800. The van der Waals surface area contributed by atoms with E-state index in [1.165, 1.54) is 70.1 Å². The molecule has 2 aliphatic rings. The lowest BCUT2D eigenvalue weighted by Crippen LogP contribution is -2.40. The molecule has 3 heterocycles. The second-order valence-corrected chi connectivity index (χ2v) is 7.82. The summed E-state index contributed by atoms with van der Waals surface area (Å²) >= 11 is 0. The van der Waals surface area contributed by atoms with Crippen LogP contribution < -0.4 is 5.32 Å².